The molecule has 108 valence electrons. The third kappa shape index (κ3) is 3.05. The van der Waals surface area contributed by atoms with Crippen molar-refractivity contribution in [3.8, 4) is 11.4 Å². The van der Waals surface area contributed by atoms with Crippen LogP contribution in [0.4, 0.5) is 0 Å². The molecular weight excluding hydrogens is 342 g/mol. The predicted molar refractivity (Wildman–Crippen MR) is 83.6 cm³/mol. The first-order chi connectivity index (χ1) is 9.17. The van der Waals surface area contributed by atoms with E-state index < -0.39 is 5.54 Å². The van der Waals surface area contributed by atoms with Crippen LogP contribution in [0.1, 0.15) is 38.0 Å². The van der Waals surface area contributed by atoms with Crippen LogP contribution in [0.5, 0.6) is 0 Å². The highest BCUT2D eigenvalue weighted by molar-refractivity contribution is 9.10. The zero-order valence-electron chi connectivity index (χ0n) is 11.0. The van der Waals surface area contributed by atoms with Crippen LogP contribution >= 0.6 is 28.3 Å². The Morgan fingerprint density at radius 1 is 1.20 bits per heavy atom. The van der Waals surface area contributed by atoms with Crippen molar-refractivity contribution >= 4 is 28.3 Å². The lowest BCUT2D eigenvalue weighted by molar-refractivity contribution is 0.220. The molecule has 6 heteroatoms. The van der Waals surface area contributed by atoms with Gasteiger partial charge in [-0.25, -0.2) is 0 Å². The molecule has 1 aliphatic rings. The highest BCUT2D eigenvalue weighted by Gasteiger charge is 2.35. The molecule has 1 heterocycles. The van der Waals surface area contributed by atoms with E-state index in [1.807, 2.05) is 24.3 Å². The predicted octanol–water partition coefficient (Wildman–Crippen LogP) is 4.04. The van der Waals surface area contributed by atoms with Crippen LogP contribution in [0, 0.1) is 0 Å². The van der Waals surface area contributed by atoms with Crippen LogP contribution in [0.25, 0.3) is 11.4 Å². The SMILES string of the molecule is Cl.NC1(c2nc(-c3cccc(Br)c3)no2)CCCCC1. The van der Waals surface area contributed by atoms with E-state index in [2.05, 4.69) is 26.1 Å². The molecule has 1 saturated carbocycles. The van der Waals surface area contributed by atoms with Gasteiger partial charge in [-0.3, -0.25) is 0 Å². The van der Waals surface area contributed by atoms with Crippen molar-refractivity contribution < 1.29 is 4.52 Å². The number of nitrogens with zero attached hydrogens (tertiary/aromatic N) is 2. The van der Waals surface area contributed by atoms with E-state index in [4.69, 9.17) is 10.3 Å². The van der Waals surface area contributed by atoms with Crippen molar-refractivity contribution in [2.24, 2.45) is 5.73 Å². The van der Waals surface area contributed by atoms with Gasteiger partial charge < -0.3 is 10.3 Å². The van der Waals surface area contributed by atoms with E-state index in [-0.39, 0.29) is 12.4 Å². The van der Waals surface area contributed by atoms with Gasteiger partial charge in [0.2, 0.25) is 11.7 Å². The van der Waals surface area contributed by atoms with Crippen LogP contribution in [0.3, 0.4) is 0 Å². The number of hydrogen-bond donors (Lipinski definition) is 1. The monoisotopic (exact) mass is 357 g/mol. The molecular formula is C14H17BrClN3O. The molecule has 1 aromatic carbocycles. The maximum atomic E-state index is 6.40. The van der Waals surface area contributed by atoms with E-state index in [1.165, 1.54) is 6.42 Å². The molecule has 3 rings (SSSR count). The lowest BCUT2D eigenvalue weighted by Gasteiger charge is -2.29. The minimum atomic E-state index is -0.435. The second kappa shape index (κ2) is 6.24. The Bertz CT molecular complexity index is 581. The third-order valence-corrected chi connectivity index (χ3v) is 4.17. The number of nitrogens with two attached hydrogens (primary N) is 1. The normalized spacial score (nSPS) is 17.5. The van der Waals surface area contributed by atoms with E-state index in [1.54, 1.807) is 0 Å². The number of hydrogen-bond acceptors (Lipinski definition) is 4. The summed E-state index contributed by atoms with van der Waals surface area (Å²) in [7, 11) is 0. The number of aromatic nitrogens is 2. The first-order valence-electron chi connectivity index (χ1n) is 6.56. The topological polar surface area (TPSA) is 64.9 Å². The zero-order chi connectivity index (χ0) is 13.3. The largest absolute Gasteiger partial charge is 0.337 e. The zero-order valence-corrected chi connectivity index (χ0v) is 13.4. The van der Waals surface area contributed by atoms with E-state index in [0.29, 0.717) is 11.7 Å². The second-order valence-corrected chi connectivity index (χ2v) is 6.07. The van der Waals surface area contributed by atoms with Gasteiger partial charge in [-0.2, -0.15) is 4.98 Å². The Balaban J connectivity index is 0.00000147. The number of halogens is 2. The van der Waals surface area contributed by atoms with Crippen LogP contribution < -0.4 is 5.73 Å². The van der Waals surface area contributed by atoms with Crippen LogP contribution in [-0.2, 0) is 5.54 Å². The van der Waals surface area contributed by atoms with Crippen LogP contribution in [0.2, 0.25) is 0 Å². The second-order valence-electron chi connectivity index (χ2n) is 5.15. The summed E-state index contributed by atoms with van der Waals surface area (Å²) in [5, 5.41) is 4.06. The molecule has 0 bridgehead atoms. The van der Waals surface area contributed by atoms with Crippen LogP contribution in [-0.4, -0.2) is 10.1 Å². The summed E-state index contributed by atoms with van der Waals surface area (Å²) in [5.41, 5.74) is 6.90. The van der Waals surface area contributed by atoms with Crippen molar-refractivity contribution in [1.82, 2.24) is 10.1 Å². The fourth-order valence-electron chi connectivity index (χ4n) is 2.57. The fraction of sp³-hybridized carbons (Fsp3) is 0.429. The fourth-order valence-corrected chi connectivity index (χ4v) is 2.97. The maximum Gasteiger partial charge on any atom is 0.247 e. The first-order valence-corrected chi connectivity index (χ1v) is 7.36. The summed E-state index contributed by atoms with van der Waals surface area (Å²) < 4.78 is 6.40. The smallest absolute Gasteiger partial charge is 0.247 e. The van der Waals surface area contributed by atoms with Gasteiger partial charge in [0.15, 0.2) is 0 Å². The third-order valence-electron chi connectivity index (χ3n) is 3.68. The van der Waals surface area contributed by atoms with Gasteiger partial charge in [-0.05, 0) is 25.0 Å². The summed E-state index contributed by atoms with van der Waals surface area (Å²) in [6, 6.07) is 7.85. The maximum absolute atomic E-state index is 6.40. The Morgan fingerprint density at radius 3 is 2.65 bits per heavy atom. The lowest BCUT2D eigenvalue weighted by Crippen LogP contribution is -2.38. The summed E-state index contributed by atoms with van der Waals surface area (Å²) in [6.45, 7) is 0. The molecule has 1 fully saturated rings. The average molecular weight is 359 g/mol. The molecule has 4 nitrogen and oxygen atoms in total. The van der Waals surface area contributed by atoms with Gasteiger partial charge in [0.25, 0.3) is 0 Å². The molecule has 0 saturated heterocycles. The van der Waals surface area contributed by atoms with Gasteiger partial charge in [-0.15, -0.1) is 12.4 Å². The molecule has 1 aliphatic carbocycles. The quantitative estimate of drug-likeness (QED) is 0.880. The van der Waals surface area contributed by atoms with Gasteiger partial charge in [0.05, 0.1) is 5.54 Å². The molecule has 0 aliphatic heterocycles. The van der Waals surface area contributed by atoms with Crippen molar-refractivity contribution in [1.29, 1.82) is 0 Å². The van der Waals surface area contributed by atoms with Gasteiger partial charge in [0, 0.05) is 10.0 Å². The minimum absolute atomic E-state index is 0. The Kier molecular flexibility index (Phi) is 4.83. The van der Waals surface area contributed by atoms with Gasteiger partial charge >= 0.3 is 0 Å². The molecule has 0 unspecified atom stereocenters. The van der Waals surface area contributed by atoms with E-state index in [0.717, 1.165) is 35.7 Å². The van der Waals surface area contributed by atoms with E-state index in [9.17, 15) is 0 Å². The van der Waals surface area contributed by atoms with Crippen molar-refractivity contribution in [2.45, 2.75) is 37.6 Å². The van der Waals surface area contributed by atoms with Crippen molar-refractivity contribution in [3.63, 3.8) is 0 Å². The lowest BCUT2D eigenvalue weighted by atomic mass is 9.82. The van der Waals surface area contributed by atoms with Crippen molar-refractivity contribution in [2.75, 3.05) is 0 Å². The molecule has 1 aromatic heterocycles. The summed E-state index contributed by atoms with van der Waals surface area (Å²) in [4.78, 5) is 4.49. The highest BCUT2D eigenvalue weighted by atomic mass is 79.9. The molecule has 0 radical (unpaired) electrons. The van der Waals surface area contributed by atoms with Crippen molar-refractivity contribution in [3.05, 3.63) is 34.6 Å². The molecule has 0 spiro atoms. The summed E-state index contributed by atoms with van der Waals surface area (Å²) in [6.07, 6.45) is 5.35. The number of benzene rings is 1. The van der Waals surface area contributed by atoms with Crippen LogP contribution in [0.15, 0.2) is 33.3 Å². The minimum Gasteiger partial charge on any atom is -0.337 e. The van der Waals surface area contributed by atoms with Gasteiger partial charge in [0.1, 0.15) is 0 Å². The van der Waals surface area contributed by atoms with Gasteiger partial charge in [-0.1, -0.05) is 52.5 Å². The molecule has 2 N–H and O–H groups in total. The Labute approximate surface area is 132 Å². The molecule has 20 heavy (non-hydrogen) atoms. The average Bonchev–Trinajstić information content (AvgIpc) is 2.90. The molecule has 2 aromatic rings. The highest BCUT2D eigenvalue weighted by Crippen LogP contribution is 2.34. The molecule has 0 atom stereocenters. The molecule has 0 amide bonds. The Hall–Kier alpha value is -0.910. The standard InChI is InChI=1S/C14H16BrN3O.ClH/c15-11-6-4-5-10(9-11)12-17-13(19-18-12)14(16)7-2-1-3-8-14;/h4-6,9H,1-3,7-8,16H2;1H. The first kappa shape index (κ1) is 15.5. The number of rotatable bonds is 2. The summed E-state index contributed by atoms with van der Waals surface area (Å²) >= 11 is 3.44. The summed E-state index contributed by atoms with van der Waals surface area (Å²) in [5.74, 6) is 1.17. The Morgan fingerprint density at radius 2 is 1.95 bits per heavy atom. The van der Waals surface area contributed by atoms with E-state index >= 15 is 0 Å².